The van der Waals surface area contributed by atoms with Gasteiger partial charge in [-0.1, -0.05) is 6.07 Å². The van der Waals surface area contributed by atoms with E-state index in [0.29, 0.717) is 24.5 Å². The van der Waals surface area contributed by atoms with Gasteiger partial charge in [0, 0.05) is 20.6 Å². The van der Waals surface area contributed by atoms with Crippen molar-refractivity contribution in [2.24, 2.45) is 0 Å². The molecule has 0 bridgehead atoms. The van der Waals surface area contributed by atoms with Crippen molar-refractivity contribution >= 4 is 5.91 Å². The molecule has 1 rings (SSSR count). The topological polar surface area (TPSA) is 56.6 Å². The number of carbonyl (C=O) groups is 1. The first kappa shape index (κ1) is 16.0. The Kier molecular flexibility index (Phi) is 6.54. The van der Waals surface area contributed by atoms with E-state index in [1.54, 1.807) is 37.2 Å². The number of hydrogen-bond acceptors (Lipinski definition) is 4. The van der Waals surface area contributed by atoms with Crippen LogP contribution in [0.4, 0.5) is 0 Å². The van der Waals surface area contributed by atoms with Crippen molar-refractivity contribution in [3.63, 3.8) is 0 Å². The van der Waals surface area contributed by atoms with Gasteiger partial charge in [0.25, 0.3) is 0 Å². The number of rotatable bonds is 7. The first-order valence-electron chi connectivity index (χ1n) is 6.54. The molecule has 5 heteroatoms. The van der Waals surface area contributed by atoms with Crippen LogP contribution in [0.15, 0.2) is 24.3 Å². The molecule has 0 spiro atoms. The van der Waals surface area contributed by atoms with E-state index >= 15 is 0 Å². The third-order valence-electron chi connectivity index (χ3n) is 2.82. The standard InChI is InChI=1S/C15H21N3O2/c1-17(2)15(19)12-18(3)8-5-9-20-14-7-4-6-13(10-14)11-16/h4,6-7,10H,5,8-9,12H2,1-3H3. The van der Waals surface area contributed by atoms with Crippen LogP contribution in [0.2, 0.25) is 0 Å². The minimum absolute atomic E-state index is 0.0927. The Morgan fingerprint density at radius 2 is 2.10 bits per heavy atom. The van der Waals surface area contributed by atoms with Crippen LogP contribution < -0.4 is 4.74 Å². The molecule has 1 amide bonds. The fourth-order valence-corrected chi connectivity index (χ4v) is 1.63. The molecular weight excluding hydrogens is 254 g/mol. The summed E-state index contributed by atoms with van der Waals surface area (Å²) >= 11 is 0. The van der Waals surface area contributed by atoms with Gasteiger partial charge in [0.2, 0.25) is 5.91 Å². The molecule has 0 aromatic heterocycles. The van der Waals surface area contributed by atoms with Crippen LogP contribution in [0.5, 0.6) is 5.75 Å². The van der Waals surface area contributed by atoms with Gasteiger partial charge in [-0.2, -0.15) is 5.26 Å². The lowest BCUT2D eigenvalue weighted by Gasteiger charge is -2.18. The van der Waals surface area contributed by atoms with Gasteiger partial charge >= 0.3 is 0 Å². The third-order valence-corrected chi connectivity index (χ3v) is 2.82. The summed E-state index contributed by atoms with van der Waals surface area (Å²) in [6, 6.07) is 9.18. The van der Waals surface area contributed by atoms with Crippen molar-refractivity contribution in [2.75, 3.05) is 40.8 Å². The fourth-order valence-electron chi connectivity index (χ4n) is 1.63. The highest BCUT2D eigenvalue weighted by Gasteiger charge is 2.07. The van der Waals surface area contributed by atoms with Gasteiger partial charge in [0.1, 0.15) is 5.75 Å². The lowest BCUT2D eigenvalue weighted by atomic mass is 10.2. The molecule has 0 atom stereocenters. The summed E-state index contributed by atoms with van der Waals surface area (Å²) in [5, 5.41) is 8.79. The lowest BCUT2D eigenvalue weighted by molar-refractivity contribution is -0.129. The molecule has 0 aliphatic heterocycles. The summed E-state index contributed by atoms with van der Waals surface area (Å²) in [4.78, 5) is 15.1. The van der Waals surface area contributed by atoms with Crippen LogP contribution in [-0.4, -0.2) is 56.5 Å². The van der Waals surface area contributed by atoms with E-state index in [1.807, 2.05) is 18.0 Å². The van der Waals surface area contributed by atoms with Crippen molar-refractivity contribution in [3.05, 3.63) is 29.8 Å². The van der Waals surface area contributed by atoms with Crippen LogP contribution >= 0.6 is 0 Å². The van der Waals surface area contributed by atoms with E-state index in [4.69, 9.17) is 10.00 Å². The summed E-state index contributed by atoms with van der Waals surface area (Å²) in [6.45, 7) is 1.77. The van der Waals surface area contributed by atoms with Crippen LogP contribution in [0.1, 0.15) is 12.0 Å². The second-order valence-corrected chi connectivity index (χ2v) is 4.87. The molecule has 0 fully saturated rings. The molecule has 1 aromatic rings. The first-order chi connectivity index (χ1) is 9.52. The van der Waals surface area contributed by atoms with Crippen LogP contribution in [0.25, 0.3) is 0 Å². The SMILES string of the molecule is CN(CCCOc1cccc(C#N)c1)CC(=O)N(C)C. The largest absolute Gasteiger partial charge is 0.494 e. The molecule has 108 valence electrons. The predicted molar refractivity (Wildman–Crippen MR) is 77.5 cm³/mol. The number of benzene rings is 1. The monoisotopic (exact) mass is 275 g/mol. The molecule has 1 aromatic carbocycles. The average Bonchev–Trinajstić information content (AvgIpc) is 2.43. The Hall–Kier alpha value is -2.06. The number of ether oxygens (including phenoxy) is 1. The molecule has 5 nitrogen and oxygen atoms in total. The summed E-state index contributed by atoms with van der Waals surface area (Å²) in [5.41, 5.74) is 0.594. The second kappa shape index (κ2) is 8.18. The zero-order chi connectivity index (χ0) is 15.0. The molecule has 0 saturated carbocycles. The number of nitriles is 1. The Morgan fingerprint density at radius 1 is 1.35 bits per heavy atom. The maximum absolute atomic E-state index is 11.5. The van der Waals surface area contributed by atoms with Gasteiger partial charge in [-0.3, -0.25) is 9.69 Å². The molecule has 0 saturated heterocycles. The minimum Gasteiger partial charge on any atom is -0.494 e. The van der Waals surface area contributed by atoms with Crippen molar-refractivity contribution in [3.8, 4) is 11.8 Å². The van der Waals surface area contributed by atoms with Crippen molar-refractivity contribution in [1.29, 1.82) is 5.26 Å². The summed E-state index contributed by atoms with van der Waals surface area (Å²) in [7, 11) is 5.42. The Bertz CT molecular complexity index is 480. The fraction of sp³-hybridized carbons (Fsp3) is 0.467. The molecule has 0 heterocycles. The average molecular weight is 275 g/mol. The molecule has 0 radical (unpaired) electrons. The lowest BCUT2D eigenvalue weighted by Crippen LogP contribution is -2.35. The molecule has 0 N–H and O–H groups in total. The van der Waals surface area contributed by atoms with Gasteiger partial charge in [0.15, 0.2) is 0 Å². The molecule has 0 aliphatic rings. The molecule has 0 unspecified atom stereocenters. The highest BCUT2D eigenvalue weighted by molar-refractivity contribution is 5.77. The van der Waals surface area contributed by atoms with Gasteiger partial charge in [0.05, 0.1) is 24.8 Å². The third kappa shape index (κ3) is 5.72. The minimum atomic E-state index is 0.0927. The van der Waals surface area contributed by atoms with Gasteiger partial charge in [-0.25, -0.2) is 0 Å². The smallest absolute Gasteiger partial charge is 0.236 e. The molecule has 0 aliphatic carbocycles. The second-order valence-electron chi connectivity index (χ2n) is 4.87. The number of hydrogen-bond donors (Lipinski definition) is 0. The Labute approximate surface area is 120 Å². The highest BCUT2D eigenvalue weighted by Crippen LogP contribution is 2.12. The summed E-state index contributed by atoms with van der Waals surface area (Å²) < 4.78 is 5.58. The first-order valence-corrected chi connectivity index (χ1v) is 6.54. The zero-order valence-electron chi connectivity index (χ0n) is 12.3. The van der Waals surface area contributed by atoms with Crippen molar-refractivity contribution < 1.29 is 9.53 Å². The van der Waals surface area contributed by atoms with Gasteiger partial charge in [-0.15, -0.1) is 0 Å². The number of carbonyl (C=O) groups excluding carboxylic acids is 1. The van der Waals surface area contributed by atoms with Crippen molar-refractivity contribution in [1.82, 2.24) is 9.80 Å². The number of amides is 1. The Balaban J connectivity index is 2.24. The normalized spacial score (nSPS) is 10.2. The Morgan fingerprint density at radius 3 is 2.75 bits per heavy atom. The van der Waals surface area contributed by atoms with E-state index in [2.05, 4.69) is 6.07 Å². The van der Waals surface area contributed by atoms with E-state index in [9.17, 15) is 4.79 Å². The van der Waals surface area contributed by atoms with E-state index in [-0.39, 0.29) is 5.91 Å². The maximum atomic E-state index is 11.5. The number of nitrogens with zero attached hydrogens (tertiary/aromatic N) is 3. The van der Waals surface area contributed by atoms with Crippen LogP contribution in [0, 0.1) is 11.3 Å². The molecule has 20 heavy (non-hydrogen) atoms. The maximum Gasteiger partial charge on any atom is 0.236 e. The van der Waals surface area contributed by atoms with E-state index < -0.39 is 0 Å². The zero-order valence-corrected chi connectivity index (χ0v) is 12.3. The van der Waals surface area contributed by atoms with Gasteiger partial charge < -0.3 is 9.64 Å². The summed E-state index contributed by atoms with van der Waals surface area (Å²) in [5.74, 6) is 0.797. The van der Waals surface area contributed by atoms with Gasteiger partial charge in [-0.05, 0) is 31.7 Å². The van der Waals surface area contributed by atoms with Crippen molar-refractivity contribution in [2.45, 2.75) is 6.42 Å². The van der Waals surface area contributed by atoms with E-state index in [0.717, 1.165) is 13.0 Å². The molecular formula is C15H21N3O2. The predicted octanol–water partition coefficient (Wildman–Crippen LogP) is 1.35. The summed E-state index contributed by atoms with van der Waals surface area (Å²) in [6.07, 6.45) is 0.827. The quantitative estimate of drug-likeness (QED) is 0.705. The van der Waals surface area contributed by atoms with E-state index in [1.165, 1.54) is 0 Å². The van der Waals surface area contributed by atoms with Crippen LogP contribution in [0.3, 0.4) is 0 Å². The highest BCUT2D eigenvalue weighted by atomic mass is 16.5. The van der Waals surface area contributed by atoms with Crippen LogP contribution in [-0.2, 0) is 4.79 Å². The number of likely N-dealkylation sites (N-methyl/N-ethyl adjacent to an activating group) is 2.